The van der Waals surface area contributed by atoms with E-state index >= 15 is 0 Å². The van der Waals surface area contributed by atoms with Crippen molar-refractivity contribution in [1.29, 1.82) is 0 Å². The maximum atomic E-state index is 6.58. The van der Waals surface area contributed by atoms with Crippen LogP contribution in [0.4, 0.5) is 5.82 Å². The molecule has 1 saturated heterocycles. The van der Waals surface area contributed by atoms with Gasteiger partial charge >= 0.3 is 0 Å². The Kier molecular flexibility index (Phi) is 8.01. The number of benzene rings is 3. The van der Waals surface area contributed by atoms with Crippen molar-refractivity contribution in [3.8, 4) is 0 Å². The quantitative estimate of drug-likeness (QED) is 0.265. The van der Waals surface area contributed by atoms with Gasteiger partial charge in [0.2, 0.25) is 0 Å². The van der Waals surface area contributed by atoms with Gasteiger partial charge in [0.05, 0.1) is 26.4 Å². The number of rotatable bonds is 11. The van der Waals surface area contributed by atoms with Gasteiger partial charge in [-0.3, -0.25) is 0 Å². The highest BCUT2D eigenvalue weighted by molar-refractivity contribution is 5.80. The van der Waals surface area contributed by atoms with E-state index in [4.69, 9.17) is 24.7 Å². The zero-order chi connectivity index (χ0) is 27.1. The molecule has 0 radical (unpaired) electrons. The normalized spacial score (nSPS) is 20.7. The van der Waals surface area contributed by atoms with Gasteiger partial charge in [-0.05, 0) is 16.7 Å². The van der Waals surface area contributed by atoms with E-state index in [9.17, 15) is 0 Å². The van der Waals surface area contributed by atoms with Gasteiger partial charge in [-0.1, -0.05) is 96.2 Å². The Labute approximate surface area is 231 Å². The van der Waals surface area contributed by atoms with Crippen LogP contribution in [-0.4, -0.2) is 49.9 Å². The van der Waals surface area contributed by atoms with Crippen molar-refractivity contribution >= 4 is 17.0 Å². The van der Waals surface area contributed by atoms with Crippen molar-refractivity contribution in [2.24, 2.45) is 0 Å². The van der Waals surface area contributed by atoms with E-state index in [1.165, 1.54) is 6.33 Å². The van der Waals surface area contributed by atoms with Crippen LogP contribution in [0.2, 0.25) is 0 Å². The van der Waals surface area contributed by atoms with Crippen LogP contribution in [0.3, 0.4) is 0 Å². The maximum absolute atomic E-state index is 6.58. The Hall–Kier alpha value is -4.22. The molecule has 0 aliphatic carbocycles. The smallest absolute Gasteiger partial charge is 0.186 e. The summed E-state index contributed by atoms with van der Waals surface area (Å²) in [6.45, 7) is 1.48. The summed E-state index contributed by atoms with van der Waals surface area (Å²) in [5.41, 5.74) is 10.0. The molecule has 0 spiro atoms. The molecule has 6 rings (SSSR count). The van der Waals surface area contributed by atoms with E-state index < -0.39 is 24.5 Å². The van der Waals surface area contributed by atoms with E-state index in [-0.39, 0.29) is 5.82 Å². The highest BCUT2D eigenvalue weighted by atomic mass is 16.6. The molecule has 40 heavy (non-hydrogen) atoms. The lowest BCUT2D eigenvalue weighted by atomic mass is 10.1. The molecule has 0 amide bonds. The molecule has 3 aromatic carbocycles. The number of ether oxygens (including phenoxy) is 4. The second kappa shape index (κ2) is 12.3. The molecule has 10 nitrogen and oxygen atoms in total. The first-order valence-electron chi connectivity index (χ1n) is 13.2. The minimum atomic E-state index is -0.686. The molecule has 10 heteroatoms. The first kappa shape index (κ1) is 26.0. The first-order chi connectivity index (χ1) is 19.8. The molecule has 2 N–H and O–H groups in total. The van der Waals surface area contributed by atoms with E-state index in [2.05, 4.69) is 20.3 Å². The lowest BCUT2D eigenvalue weighted by Crippen LogP contribution is -2.38. The fourth-order valence-corrected chi connectivity index (χ4v) is 4.77. The average Bonchev–Trinajstić information content (AvgIpc) is 3.58. The summed E-state index contributed by atoms with van der Waals surface area (Å²) in [5.74, 6) is 0.246. The van der Waals surface area contributed by atoms with Crippen LogP contribution in [0.5, 0.6) is 0 Å². The molecule has 4 atom stereocenters. The van der Waals surface area contributed by atoms with Crippen molar-refractivity contribution in [3.05, 3.63) is 114 Å². The van der Waals surface area contributed by atoms with Gasteiger partial charge in [0, 0.05) is 0 Å². The second-order valence-corrected chi connectivity index (χ2v) is 9.55. The van der Waals surface area contributed by atoms with Crippen molar-refractivity contribution in [2.45, 2.75) is 44.4 Å². The lowest BCUT2D eigenvalue weighted by Gasteiger charge is -2.25. The molecule has 204 valence electrons. The molecule has 0 bridgehead atoms. The molecule has 1 aliphatic heterocycles. The summed E-state index contributed by atoms with van der Waals surface area (Å²) in [4.78, 5) is 8.42. The van der Waals surface area contributed by atoms with Gasteiger partial charge in [-0.2, -0.15) is 4.68 Å². The molecule has 5 aromatic rings. The summed E-state index contributed by atoms with van der Waals surface area (Å²) in [7, 11) is 0. The van der Waals surface area contributed by atoms with Crippen molar-refractivity contribution in [3.63, 3.8) is 0 Å². The highest BCUT2D eigenvalue weighted by Crippen LogP contribution is 2.36. The fraction of sp³-hybridized carbons (Fsp3) is 0.267. The summed E-state index contributed by atoms with van der Waals surface area (Å²) < 4.78 is 27.3. The minimum Gasteiger partial charge on any atom is -0.382 e. The van der Waals surface area contributed by atoms with Crippen LogP contribution in [0, 0.1) is 0 Å². The molecule has 1 aliphatic rings. The zero-order valence-corrected chi connectivity index (χ0v) is 21.8. The summed E-state index contributed by atoms with van der Waals surface area (Å²) in [6.07, 6.45) is -0.764. The molecular weight excluding hydrogens is 508 g/mol. The predicted molar refractivity (Wildman–Crippen MR) is 148 cm³/mol. The maximum Gasteiger partial charge on any atom is 0.186 e. The topological polar surface area (TPSA) is 119 Å². The Bertz CT molecular complexity index is 1500. The van der Waals surface area contributed by atoms with E-state index in [0.29, 0.717) is 37.6 Å². The second-order valence-electron chi connectivity index (χ2n) is 9.55. The molecule has 0 unspecified atom stereocenters. The number of hydrogen-bond acceptors (Lipinski definition) is 9. The average molecular weight is 539 g/mol. The SMILES string of the molecule is Nc1ncnc2c1nnn2[C@@H]1O[C@H](COCc2ccccc2)[C@@H](OCc2ccccc2)[C@@H]1OCc1ccccc1. The Balaban J connectivity index is 1.29. The van der Waals surface area contributed by atoms with E-state index in [0.717, 1.165) is 16.7 Å². The monoisotopic (exact) mass is 538 g/mol. The molecule has 0 saturated carbocycles. The molecule has 3 heterocycles. The summed E-state index contributed by atoms with van der Waals surface area (Å²) >= 11 is 0. The van der Waals surface area contributed by atoms with Gasteiger partial charge in [-0.25, -0.2) is 9.97 Å². The third-order valence-corrected chi connectivity index (χ3v) is 6.78. The number of anilines is 1. The van der Waals surface area contributed by atoms with Gasteiger partial charge in [0.15, 0.2) is 23.2 Å². The van der Waals surface area contributed by atoms with Crippen LogP contribution < -0.4 is 5.73 Å². The number of nitrogens with zero attached hydrogens (tertiary/aromatic N) is 5. The van der Waals surface area contributed by atoms with E-state index in [1.807, 2.05) is 91.0 Å². The Morgan fingerprint density at radius 2 is 1.30 bits per heavy atom. The first-order valence-corrected chi connectivity index (χ1v) is 13.2. The minimum absolute atomic E-state index is 0.246. The highest BCUT2D eigenvalue weighted by Gasteiger charge is 2.48. The Morgan fingerprint density at radius 3 is 1.93 bits per heavy atom. The standard InChI is InChI=1S/C30H30N6O4/c31-28-25-29(33-20-32-28)36(35-34-25)30-27(39-18-23-14-8-3-9-15-23)26(38-17-22-12-6-2-7-13-22)24(40-30)19-37-16-21-10-4-1-5-11-21/h1-15,20,24,26-27,30H,16-19H2,(H2,31,32,33)/t24-,26-,27+,30-/m1/s1. The number of nitrogen functional groups attached to an aromatic ring is 1. The van der Waals surface area contributed by atoms with Gasteiger partial charge < -0.3 is 24.7 Å². The van der Waals surface area contributed by atoms with Gasteiger partial charge in [0.1, 0.15) is 24.6 Å². The third kappa shape index (κ3) is 5.85. The Morgan fingerprint density at radius 1 is 0.725 bits per heavy atom. The van der Waals surface area contributed by atoms with Crippen LogP contribution >= 0.6 is 0 Å². The number of fused-ring (bicyclic) bond motifs is 1. The summed E-state index contributed by atoms with van der Waals surface area (Å²) in [6, 6.07) is 30.0. The van der Waals surface area contributed by atoms with Crippen molar-refractivity contribution in [2.75, 3.05) is 12.3 Å². The summed E-state index contributed by atoms with van der Waals surface area (Å²) in [5, 5.41) is 8.56. The van der Waals surface area contributed by atoms with Gasteiger partial charge in [0.25, 0.3) is 0 Å². The van der Waals surface area contributed by atoms with E-state index in [1.54, 1.807) is 4.68 Å². The van der Waals surface area contributed by atoms with Crippen molar-refractivity contribution < 1.29 is 18.9 Å². The van der Waals surface area contributed by atoms with Crippen LogP contribution in [-0.2, 0) is 38.8 Å². The predicted octanol–water partition coefficient (Wildman–Crippen LogP) is 4.09. The largest absolute Gasteiger partial charge is 0.382 e. The number of hydrogen-bond donors (Lipinski definition) is 1. The molecular formula is C30H30N6O4. The number of nitrogens with two attached hydrogens (primary N) is 1. The molecule has 1 fully saturated rings. The molecule has 2 aromatic heterocycles. The van der Waals surface area contributed by atoms with Crippen LogP contribution in [0.15, 0.2) is 97.3 Å². The van der Waals surface area contributed by atoms with Gasteiger partial charge in [-0.15, -0.1) is 5.10 Å². The third-order valence-electron chi connectivity index (χ3n) is 6.78. The number of aromatic nitrogens is 5. The van der Waals surface area contributed by atoms with Crippen LogP contribution in [0.25, 0.3) is 11.2 Å². The zero-order valence-electron chi connectivity index (χ0n) is 21.8. The lowest BCUT2D eigenvalue weighted by molar-refractivity contribution is -0.0928. The fourth-order valence-electron chi connectivity index (χ4n) is 4.77. The van der Waals surface area contributed by atoms with Crippen molar-refractivity contribution in [1.82, 2.24) is 25.0 Å². The van der Waals surface area contributed by atoms with Crippen LogP contribution in [0.1, 0.15) is 22.9 Å².